The SMILES string of the molecule is CN1CCCC1Cc1c[nH]c2ccc(C(=O)O)cc12. The lowest BCUT2D eigenvalue weighted by molar-refractivity contribution is 0.0697. The van der Waals surface area contributed by atoms with Gasteiger partial charge in [0, 0.05) is 23.1 Å². The third kappa shape index (κ3) is 2.24. The molecule has 1 aliphatic rings. The molecule has 0 radical (unpaired) electrons. The second-order valence-corrected chi connectivity index (χ2v) is 5.36. The number of benzene rings is 1. The number of aromatic amines is 1. The van der Waals surface area contributed by atoms with Gasteiger partial charge in [-0.1, -0.05) is 0 Å². The third-order valence-corrected chi connectivity index (χ3v) is 4.14. The van der Waals surface area contributed by atoms with Crippen molar-refractivity contribution in [3.8, 4) is 0 Å². The van der Waals surface area contributed by atoms with Crippen LogP contribution in [0.25, 0.3) is 10.9 Å². The summed E-state index contributed by atoms with van der Waals surface area (Å²) in [6, 6.07) is 5.85. The number of hydrogen-bond acceptors (Lipinski definition) is 2. The van der Waals surface area contributed by atoms with Crippen LogP contribution in [0.5, 0.6) is 0 Å². The summed E-state index contributed by atoms with van der Waals surface area (Å²) < 4.78 is 0. The van der Waals surface area contributed by atoms with Gasteiger partial charge >= 0.3 is 5.97 Å². The molecule has 0 saturated carbocycles. The average molecular weight is 258 g/mol. The smallest absolute Gasteiger partial charge is 0.335 e. The van der Waals surface area contributed by atoms with Gasteiger partial charge < -0.3 is 15.0 Å². The van der Waals surface area contributed by atoms with E-state index in [1.807, 2.05) is 12.3 Å². The minimum Gasteiger partial charge on any atom is -0.478 e. The van der Waals surface area contributed by atoms with E-state index in [0.29, 0.717) is 11.6 Å². The molecule has 1 aromatic carbocycles. The molecule has 2 N–H and O–H groups in total. The molecule has 1 aromatic heterocycles. The van der Waals surface area contributed by atoms with Gasteiger partial charge in [-0.25, -0.2) is 4.79 Å². The van der Waals surface area contributed by atoms with E-state index in [1.165, 1.54) is 18.4 Å². The number of likely N-dealkylation sites (N-methyl/N-ethyl adjacent to an activating group) is 1. The molecule has 1 atom stereocenters. The van der Waals surface area contributed by atoms with Crippen LogP contribution in [0.3, 0.4) is 0 Å². The number of nitrogens with one attached hydrogen (secondary N) is 1. The number of carbonyl (C=O) groups is 1. The van der Waals surface area contributed by atoms with Crippen molar-refractivity contribution in [2.24, 2.45) is 0 Å². The standard InChI is InChI=1S/C15H18N2O2/c1-17-6-2-3-12(17)7-11-9-16-14-5-4-10(15(18)19)8-13(11)14/h4-5,8-9,12,16H,2-3,6-7H2,1H3,(H,18,19). The Labute approximate surface area is 112 Å². The molecule has 100 valence electrons. The highest BCUT2D eigenvalue weighted by Gasteiger charge is 2.22. The maximum atomic E-state index is 11.1. The van der Waals surface area contributed by atoms with Gasteiger partial charge in [-0.3, -0.25) is 0 Å². The maximum absolute atomic E-state index is 11.1. The van der Waals surface area contributed by atoms with Gasteiger partial charge in [0.25, 0.3) is 0 Å². The van der Waals surface area contributed by atoms with Gasteiger partial charge in [0.2, 0.25) is 0 Å². The Hall–Kier alpha value is -1.81. The molecule has 0 spiro atoms. The second-order valence-electron chi connectivity index (χ2n) is 5.36. The summed E-state index contributed by atoms with van der Waals surface area (Å²) in [6.45, 7) is 1.16. The van der Waals surface area contributed by atoms with Crippen LogP contribution < -0.4 is 0 Å². The van der Waals surface area contributed by atoms with Crippen molar-refractivity contribution in [1.29, 1.82) is 0 Å². The van der Waals surface area contributed by atoms with Gasteiger partial charge in [-0.2, -0.15) is 0 Å². The number of fused-ring (bicyclic) bond motifs is 1. The fourth-order valence-corrected chi connectivity index (χ4v) is 2.97. The van der Waals surface area contributed by atoms with Crippen molar-refractivity contribution >= 4 is 16.9 Å². The van der Waals surface area contributed by atoms with Crippen molar-refractivity contribution in [1.82, 2.24) is 9.88 Å². The Morgan fingerprint density at radius 3 is 3.05 bits per heavy atom. The number of rotatable bonds is 3. The molecule has 1 unspecified atom stereocenters. The fourth-order valence-electron chi connectivity index (χ4n) is 2.97. The third-order valence-electron chi connectivity index (χ3n) is 4.14. The van der Waals surface area contributed by atoms with Crippen LogP contribution in [-0.4, -0.2) is 40.6 Å². The summed E-state index contributed by atoms with van der Waals surface area (Å²) in [5, 5.41) is 10.1. The van der Waals surface area contributed by atoms with E-state index < -0.39 is 5.97 Å². The minimum absolute atomic E-state index is 0.355. The lowest BCUT2D eigenvalue weighted by Gasteiger charge is -2.18. The van der Waals surface area contributed by atoms with Gasteiger partial charge in [0.15, 0.2) is 0 Å². The van der Waals surface area contributed by atoms with Gasteiger partial charge in [0.05, 0.1) is 5.56 Å². The molecule has 2 heterocycles. The van der Waals surface area contributed by atoms with Crippen LogP contribution in [0.15, 0.2) is 24.4 Å². The zero-order valence-electron chi connectivity index (χ0n) is 11.0. The van der Waals surface area contributed by atoms with E-state index in [4.69, 9.17) is 5.11 Å². The van der Waals surface area contributed by atoms with E-state index >= 15 is 0 Å². The monoisotopic (exact) mass is 258 g/mol. The second kappa shape index (κ2) is 4.70. The number of aromatic carboxylic acids is 1. The van der Waals surface area contributed by atoms with Crippen molar-refractivity contribution < 1.29 is 9.90 Å². The molecular weight excluding hydrogens is 240 g/mol. The first-order chi connectivity index (χ1) is 9.15. The zero-order chi connectivity index (χ0) is 13.4. The van der Waals surface area contributed by atoms with Gasteiger partial charge in [-0.15, -0.1) is 0 Å². The Bertz CT molecular complexity index is 618. The Balaban J connectivity index is 1.94. The van der Waals surface area contributed by atoms with Crippen LogP contribution in [-0.2, 0) is 6.42 Å². The minimum atomic E-state index is -0.868. The normalized spacial score (nSPS) is 20.2. The van der Waals surface area contributed by atoms with Gasteiger partial charge in [0.1, 0.15) is 0 Å². The van der Waals surface area contributed by atoms with Crippen LogP contribution in [0.4, 0.5) is 0 Å². The summed E-state index contributed by atoms with van der Waals surface area (Å²) in [5.41, 5.74) is 2.59. The molecule has 0 aliphatic carbocycles. The van der Waals surface area contributed by atoms with E-state index in [1.54, 1.807) is 12.1 Å². The van der Waals surface area contributed by atoms with Crippen LogP contribution >= 0.6 is 0 Å². The number of likely N-dealkylation sites (tertiary alicyclic amines) is 1. The van der Waals surface area contributed by atoms with Crippen LogP contribution in [0, 0.1) is 0 Å². The lowest BCUT2D eigenvalue weighted by Crippen LogP contribution is -2.26. The predicted octanol–water partition coefficient (Wildman–Crippen LogP) is 2.50. The summed E-state index contributed by atoms with van der Waals surface area (Å²) in [7, 11) is 2.16. The molecule has 4 nitrogen and oxygen atoms in total. The number of aromatic nitrogens is 1. The Morgan fingerprint density at radius 2 is 2.37 bits per heavy atom. The Morgan fingerprint density at radius 1 is 1.53 bits per heavy atom. The van der Waals surface area contributed by atoms with Crippen molar-refractivity contribution in [3.05, 3.63) is 35.5 Å². The molecule has 19 heavy (non-hydrogen) atoms. The number of nitrogens with zero attached hydrogens (tertiary/aromatic N) is 1. The van der Waals surface area contributed by atoms with Crippen LogP contribution in [0.2, 0.25) is 0 Å². The Kier molecular flexibility index (Phi) is 3.03. The van der Waals surface area contributed by atoms with Crippen molar-refractivity contribution in [2.75, 3.05) is 13.6 Å². The highest BCUT2D eigenvalue weighted by molar-refractivity contribution is 5.94. The lowest BCUT2D eigenvalue weighted by atomic mass is 10.0. The van der Waals surface area contributed by atoms with E-state index in [-0.39, 0.29) is 0 Å². The topological polar surface area (TPSA) is 56.3 Å². The highest BCUT2D eigenvalue weighted by Crippen LogP contribution is 2.25. The zero-order valence-corrected chi connectivity index (χ0v) is 11.0. The van der Waals surface area contributed by atoms with E-state index in [0.717, 1.165) is 23.9 Å². The van der Waals surface area contributed by atoms with Crippen molar-refractivity contribution in [2.45, 2.75) is 25.3 Å². The molecule has 4 heteroatoms. The van der Waals surface area contributed by atoms with Crippen molar-refractivity contribution in [3.63, 3.8) is 0 Å². The first kappa shape index (κ1) is 12.2. The number of carboxylic acids is 1. The van der Waals surface area contributed by atoms with Crippen LogP contribution in [0.1, 0.15) is 28.8 Å². The molecule has 0 amide bonds. The van der Waals surface area contributed by atoms with E-state index in [2.05, 4.69) is 16.9 Å². The number of H-pyrrole nitrogens is 1. The summed E-state index contributed by atoms with van der Waals surface area (Å²) in [5.74, 6) is -0.868. The highest BCUT2D eigenvalue weighted by atomic mass is 16.4. The quantitative estimate of drug-likeness (QED) is 0.889. The molecule has 1 fully saturated rings. The molecule has 3 rings (SSSR count). The fraction of sp³-hybridized carbons (Fsp3) is 0.400. The van der Waals surface area contributed by atoms with E-state index in [9.17, 15) is 4.79 Å². The first-order valence-electron chi connectivity index (χ1n) is 6.68. The molecule has 2 aromatic rings. The maximum Gasteiger partial charge on any atom is 0.335 e. The molecule has 0 bridgehead atoms. The average Bonchev–Trinajstić information content (AvgIpc) is 2.97. The molecular formula is C15H18N2O2. The number of hydrogen-bond donors (Lipinski definition) is 2. The molecule has 1 saturated heterocycles. The predicted molar refractivity (Wildman–Crippen MR) is 74.6 cm³/mol. The summed E-state index contributed by atoms with van der Waals surface area (Å²) in [4.78, 5) is 16.7. The number of carboxylic acid groups (broad SMARTS) is 1. The van der Waals surface area contributed by atoms with Gasteiger partial charge in [-0.05, 0) is 56.6 Å². The largest absolute Gasteiger partial charge is 0.478 e. The summed E-state index contributed by atoms with van der Waals surface area (Å²) >= 11 is 0. The molecule has 1 aliphatic heterocycles. The summed E-state index contributed by atoms with van der Waals surface area (Å²) in [6.07, 6.45) is 5.48. The first-order valence-corrected chi connectivity index (χ1v) is 6.68.